The monoisotopic (exact) mass is 331 g/mol. The molecule has 2 amide bonds. The molecular weight excluding hydrogens is 302 g/mol. The summed E-state index contributed by atoms with van der Waals surface area (Å²) >= 11 is 0. The molecule has 1 aromatic rings. The molecule has 0 saturated carbocycles. The third kappa shape index (κ3) is 3.97. The number of imide groups is 1. The van der Waals surface area contributed by atoms with Crippen LogP contribution in [0.3, 0.4) is 0 Å². The molecule has 0 bridgehead atoms. The molecule has 4 atom stereocenters. The average Bonchev–Trinajstić information content (AvgIpc) is 2.87. The Morgan fingerprint density at radius 2 is 1.92 bits per heavy atom. The minimum atomic E-state index is -0.511. The SMILES string of the molecule is CCC[C@H](C)C[C@@H](CC)C(=O)N1C(=O)O[C@@H](c2ccccc2)[C@H]1C. The third-order valence-electron chi connectivity index (χ3n) is 4.95. The van der Waals surface area contributed by atoms with Gasteiger partial charge in [0.2, 0.25) is 5.91 Å². The summed E-state index contributed by atoms with van der Waals surface area (Å²) in [6, 6.07) is 9.36. The van der Waals surface area contributed by atoms with E-state index in [9.17, 15) is 9.59 Å². The quantitative estimate of drug-likeness (QED) is 0.710. The van der Waals surface area contributed by atoms with Gasteiger partial charge in [0.15, 0.2) is 0 Å². The lowest BCUT2D eigenvalue weighted by Crippen LogP contribution is -2.42. The van der Waals surface area contributed by atoms with Crippen molar-refractivity contribution in [1.82, 2.24) is 4.90 Å². The van der Waals surface area contributed by atoms with E-state index in [1.165, 1.54) is 4.90 Å². The Hall–Kier alpha value is -1.84. The molecule has 0 radical (unpaired) electrons. The number of hydrogen-bond donors (Lipinski definition) is 0. The van der Waals surface area contributed by atoms with Crippen LogP contribution in [0.5, 0.6) is 0 Å². The first kappa shape index (κ1) is 18.5. The zero-order chi connectivity index (χ0) is 17.7. The number of carbonyl (C=O) groups is 2. The molecular formula is C20H29NO3. The Balaban J connectivity index is 2.12. The van der Waals surface area contributed by atoms with Crippen LogP contribution in [-0.2, 0) is 9.53 Å². The highest BCUT2D eigenvalue weighted by molar-refractivity contribution is 5.95. The van der Waals surface area contributed by atoms with Crippen LogP contribution < -0.4 is 0 Å². The molecule has 1 aliphatic heterocycles. The van der Waals surface area contributed by atoms with Gasteiger partial charge in [0.1, 0.15) is 6.10 Å². The van der Waals surface area contributed by atoms with Crippen molar-refractivity contribution >= 4 is 12.0 Å². The molecule has 24 heavy (non-hydrogen) atoms. The first-order valence-corrected chi connectivity index (χ1v) is 9.08. The number of amides is 2. The van der Waals surface area contributed by atoms with Crippen LogP contribution in [0.2, 0.25) is 0 Å². The summed E-state index contributed by atoms with van der Waals surface area (Å²) in [6.45, 7) is 8.24. The minimum Gasteiger partial charge on any atom is -0.439 e. The van der Waals surface area contributed by atoms with Crippen molar-refractivity contribution in [3.63, 3.8) is 0 Å². The molecule has 1 saturated heterocycles. The van der Waals surface area contributed by atoms with Crippen LogP contribution in [0, 0.1) is 11.8 Å². The zero-order valence-electron chi connectivity index (χ0n) is 15.2. The van der Waals surface area contributed by atoms with E-state index >= 15 is 0 Å². The highest BCUT2D eigenvalue weighted by Gasteiger charge is 2.44. The lowest BCUT2D eigenvalue weighted by Gasteiger charge is -2.25. The fraction of sp³-hybridized carbons (Fsp3) is 0.600. The topological polar surface area (TPSA) is 46.6 Å². The van der Waals surface area contributed by atoms with E-state index in [1.54, 1.807) is 0 Å². The molecule has 0 N–H and O–H groups in total. The largest absolute Gasteiger partial charge is 0.439 e. The first-order valence-electron chi connectivity index (χ1n) is 9.08. The fourth-order valence-corrected chi connectivity index (χ4v) is 3.58. The van der Waals surface area contributed by atoms with E-state index < -0.39 is 6.09 Å². The molecule has 4 nitrogen and oxygen atoms in total. The van der Waals surface area contributed by atoms with E-state index in [0.717, 1.165) is 31.2 Å². The molecule has 132 valence electrons. The lowest BCUT2D eigenvalue weighted by molar-refractivity contribution is -0.134. The third-order valence-corrected chi connectivity index (χ3v) is 4.95. The van der Waals surface area contributed by atoms with Crippen molar-refractivity contribution < 1.29 is 14.3 Å². The van der Waals surface area contributed by atoms with E-state index in [4.69, 9.17) is 4.74 Å². The second-order valence-corrected chi connectivity index (χ2v) is 6.90. The maximum atomic E-state index is 12.9. The molecule has 0 unspecified atom stereocenters. The van der Waals surface area contributed by atoms with Crippen molar-refractivity contribution in [1.29, 1.82) is 0 Å². The van der Waals surface area contributed by atoms with E-state index in [0.29, 0.717) is 5.92 Å². The molecule has 0 aliphatic carbocycles. The van der Waals surface area contributed by atoms with Gasteiger partial charge >= 0.3 is 6.09 Å². The van der Waals surface area contributed by atoms with Gasteiger partial charge in [-0.3, -0.25) is 4.79 Å². The number of nitrogens with zero attached hydrogens (tertiary/aromatic N) is 1. The number of hydrogen-bond acceptors (Lipinski definition) is 3. The van der Waals surface area contributed by atoms with Gasteiger partial charge in [-0.15, -0.1) is 0 Å². The number of rotatable bonds is 7. The van der Waals surface area contributed by atoms with Crippen molar-refractivity contribution in [2.75, 3.05) is 0 Å². The normalized spacial score (nSPS) is 23.0. The van der Waals surface area contributed by atoms with Gasteiger partial charge in [-0.25, -0.2) is 9.69 Å². The van der Waals surface area contributed by atoms with Crippen molar-refractivity contribution in [2.45, 2.75) is 65.5 Å². The minimum absolute atomic E-state index is 0.0867. The molecule has 4 heteroatoms. The maximum absolute atomic E-state index is 12.9. The Labute approximate surface area is 145 Å². The Kier molecular flexibility index (Phi) is 6.41. The summed E-state index contributed by atoms with van der Waals surface area (Å²) in [7, 11) is 0. The Morgan fingerprint density at radius 1 is 1.25 bits per heavy atom. The van der Waals surface area contributed by atoms with Gasteiger partial charge in [0.05, 0.1) is 6.04 Å². The maximum Gasteiger partial charge on any atom is 0.417 e. The van der Waals surface area contributed by atoms with Gasteiger partial charge in [0.25, 0.3) is 0 Å². The summed E-state index contributed by atoms with van der Waals surface area (Å²) in [6.07, 6.45) is 2.91. The predicted molar refractivity (Wildman–Crippen MR) is 94.4 cm³/mol. The van der Waals surface area contributed by atoms with Crippen molar-refractivity contribution in [3.8, 4) is 0 Å². The standard InChI is InChI=1S/C20H29NO3/c1-5-10-14(3)13-16(6-2)19(22)21-15(4)18(24-20(21)23)17-11-8-7-9-12-17/h7-9,11-12,14-16,18H,5-6,10,13H2,1-4H3/t14-,15+,16+,18+/m0/s1. The highest BCUT2D eigenvalue weighted by atomic mass is 16.6. The number of carbonyl (C=O) groups excluding carboxylic acids is 2. The summed E-state index contributed by atoms with van der Waals surface area (Å²) in [5.41, 5.74) is 0.932. The van der Waals surface area contributed by atoms with E-state index in [-0.39, 0.29) is 24.0 Å². The van der Waals surface area contributed by atoms with Crippen LogP contribution in [0.4, 0.5) is 4.79 Å². The number of cyclic esters (lactones) is 1. The molecule has 1 aromatic carbocycles. The predicted octanol–water partition coefficient (Wildman–Crippen LogP) is 4.95. The summed E-state index contributed by atoms with van der Waals surface area (Å²) in [5, 5.41) is 0. The van der Waals surface area contributed by atoms with E-state index in [2.05, 4.69) is 13.8 Å². The lowest BCUT2D eigenvalue weighted by atomic mass is 9.89. The van der Waals surface area contributed by atoms with Crippen molar-refractivity contribution in [2.24, 2.45) is 11.8 Å². The van der Waals surface area contributed by atoms with Gasteiger partial charge in [-0.05, 0) is 31.2 Å². The summed E-state index contributed by atoms with van der Waals surface area (Å²) in [5.74, 6) is 0.287. The highest BCUT2D eigenvalue weighted by Crippen LogP contribution is 2.34. The molecule has 0 aromatic heterocycles. The van der Waals surface area contributed by atoms with Crippen LogP contribution in [0.1, 0.15) is 65.0 Å². The summed E-state index contributed by atoms with van der Waals surface area (Å²) < 4.78 is 5.51. The zero-order valence-corrected chi connectivity index (χ0v) is 15.2. The van der Waals surface area contributed by atoms with Crippen LogP contribution in [0.15, 0.2) is 30.3 Å². The second kappa shape index (κ2) is 8.32. The van der Waals surface area contributed by atoms with Crippen LogP contribution in [0.25, 0.3) is 0 Å². The average molecular weight is 331 g/mol. The fourth-order valence-electron chi connectivity index (χ4n) is 3.58. The van der Waals surface area contributed by atoms with Crippen LogP contribution >= 0.6 is 0 Å². The van der Waals surface area contributed by atoms with Gasteiger partial charge in [0, 0.05) is 5.92 Å². The van der Waals surface area contributed by atoms with E-state index in [1.807, 2.05) is 44.2 Å². The second-order valence-electron chi connectivity index (χ2n) is 6.90. The smallest absolute Gasteiger partial charge is 0.417 e. The van der Waals surface area contributed by atoms with Crippen LogP contribution in [-0.4, -0.2) is 22.9 Å². The van der Waals surface area contributed by atoms with Gasteiger partial charge < -0.3 is 4.74 Å². The molecule has 1 heterocycles. The first-order chi connectivity index (χ1) is 11.5. The Morgan fingerprint density at radius 3 is 2.50 bits per heavy atom. The van der Waals surface area contributed by atoms with Gasteiger partial charge in [-0.2, -0.15) is 0 Å². The number of benzene rings is 1. The molecule has 2 rings (SSSR count). The molecule has 0 spiro atoms. The van der Waals surface area contributed by atoms with Crippen molar-refractivity contribution in [3.05, 3.63) is 35.9 Å². The summed E-state index contributed by atoms with van der Waals surface area (Å²) in [4.78, 5) is 26.6. The van der Waals surface area contributed by atoms with Gasteiger partial charge in [-0.1, -0.05) is 63.9 Å². The molecule has 1 aliphatic rings. The Bertz CT molecular complexity index is 557. The molecule has 1 fully saturated rings. The number of ether oxygens (including phenoxy) is 1.